The van der Waals surface area contributed by atoms with Crippen molar-refractivity contribution in [2.45, 2.75) is 32.9 Å². The van der Waals surface area contributed by atoms with Gasteiger partial charge in [0.15, 0.2) is 0 Å². The molecule has 0 bridgehead atoms. The van der Waals surface area contributed by atoms with E-state index in [0.29, 0.717) is 30.0 Å². The van der Waals surface area contributed by atoms with E-state index >= 15 is 0 Å². The summed E-state index contributed by atoms with van der Waals surface area (Å²) in [6.45, 7) is 4.35. The molecule has 0 atom stereocenters. The SMILES string of the molecule is CC(C)Oc1cccc(N(Cc2ccc(C(=O)NCCc3ccc(F)cc3)cc2)S(C)(=O)=O)c1. The van der Waals surface area contributed by atoms with E-state index < -0.39 is 10.0 Å². The maximum atomic E-state index is 13.0. The summed E-state index contributed by atoms with van der Waals surface area (Å²) in [5, 5.41) is 2.84. The Morgan fingerprint density at radius 3 is 2.26 bits per heavy atom. The topological polar surface area (TPSA) is 75.7 Å². The Morgan fingerprint density at radius 1 is 1.00 bits per heavy atom. The number of ether oxygens (including phenoxy) is 1. The van der Waals surface area contributed by atoms with Crippen molar-refractivity contribution in [1.29, 1.82) is 0 Å². The molecular formula is C26H29FN2O4S. The lowest BCUT2D eigenvalue weighted by Gasteiger charge is -2.23. The summed E-state index contributed by atoms with van der Waals surface area (Å²) in [4.78, 5) is 12.4. The molecule has 0 heterocycles. The fourth-order valence-corrected chi connectivity index (χ4v) is 4.27. The maximum Gasteiger partial charge on any atom is 0.251 e. The van der Waals surface area contributed by atoms with Gasteiger partial charge in [0.2, 0.25) is 10.0 Å². The molecule has 0 spiro atoms. The molecule has 0 saturated carbocycles. The standard InChI is InChI=1S/C26H29FN2O4S/c1-19(2)33-25-6-4-5-24(17-25)29(34(3,31)32)18-21-7-11-22(12-8-21)26(30)28-16-15-20-9-13-23(27)14-10-20/h4-14,17,19H,15-16,18H2,1-3H3,(H,28,30). The highest BCUT2D eigenvalue weighted by Gasteiger charge is 2.19. The third-order valence-electron chi connectivity index (χ3n) is 5.03. The van der Waals surface area contributed by atoms with Crippen LogP contribution >= 0.6 is 0 Å². The predicted molar refractivity (Wildman–Crippen MR) is 132 cm³/mol. The van der Waals surface area contributed by atoms with Gasteiger partial charge in [0, 0.05) is 18.2 Å². The Kier molecular flexibility index (Phi) is 8.28. The molecule has 0 aliphatic carbocycles. The van der Waals surface area contributed by atoms with Gasteiger partial charge in [0.1, 0.15) is 11.6 Å². The van der Waals surface area contributed by atoms with Crippen LogP contribution in [0.3, 0.4) is 0 Å². The second-order valence-corrected chi connectivity index (χ2v) is 10.2. The zero-order valence-corrected chi connectivity index (χ0v) is 20.3. The van der Waals surface area contributed by atoms with Crippen molar-refractivity contribution >= 4 is 21.6 Å². The number of halogens is 1. The summed E-state index contributed by atoms with van der Waals surface area (Å²) in [7, 11) is -3.55. The van der Waals surface area contributed by atoms with Gasteiger partial charge in [-0.3, -0.25) is 9.10 Å². The number of nitrogens with one attached hydrogen (secondary N) is 1. The predicted octanol–water partition coefficient (Wildman–Crippen LogP) is 4.55. The minimum absolute atomic E-state index is 0.0312. The number of amides is 1. The second-order valence-electron chi connectivity index (χ2n) is 8.26. The van der Waals surface area contributed by atoms with Gasteiger partial charge in [-0.2, -0.15) is 0 Å². The van der Waals surface area contributed by atoms with Gasteiger partial charge in [0.05, 0.1) is 24.6 Å². The highest BCUT2D eigenvalue weighted by atomic mass is 32.2. The third kappa shape index (κ3) is 7.31. The first kappa shape index (κ1) is 25.2. The number of nitrogens with zero attached hydrogens (tertiary/aromatic N) is 1. The van der Waals surface area contributed by atoms with Crippen LogP contribution in [0.4, 0.5) is 10.1 Å². The fraction of sp³-hybridized carbons (Fsp3) is 0.269. The normalized spacial score (nSPS) is 11.3. The molecule has 6 nitrogen and oxygen atoms in total. The fourth-order valence-electron chi connectivity index (χ4n) is 3.38. The summed E-state index contributed by atoms with van der Waals surface area (Å²) >= 11 is 0. The lowest BCUT2D eigenvalue weighted by molar-refractivity contribution is 0.0954. The molecule has 180 valence electrons. The molecule has 0 aliphatic rings. The molecule has 3 rings (SSSR count). The monoisotopic (exact) mass is 484 g/mol. The molecular weight excluding hydrogens is 455 g/mol. The number of sulfonamides is 1. The van der Waals surface area contributed by atoms with Crippen molar-refractivity contribution in [3.05, 3.63) is 95.3 Å². The minimum Gasteiger partial charge on any atom is -0.491 e. The summed E-state index contributed by atoms with van der Waals surface area (Å²) in [6, 6.07) is 19.9. The van der Waals surface area contributed by atoms with Crippen LogP contribution in [0.25, 0.3) is 0 Å². The van der Waals surface area contributed by atoms with Gasteiger partial charge in [-0.1, -0.05) is 30.3 Å². The van der Waals surface area contributed by atoms with Crippen molar-refractivity contribution in [3.63, 3.8) is 0 Å². The van der Waals surface area contributed by atoms with Crippen molar-refractivity contribution in [3.8, 4) is 5.75 Å². The van der Waals surface area contributed by atoms with Gasteiger partial charge in [-0.15, -0.1) is 0 Å². The zero-order chi connectivity index (χ0) is 24.7. The molecule has 3 aromatic carbocycles. The average Bonchev–Trinajstić information content (AvgIpc) is 2.78. The number of carbonyl (C=O) groups excluding carboxylic acids is 1. The van der Waals surface area contributed by atoms with E-state index in [2.05, 4.69) is 5.32 Å². The van der Waals surface area contributed by atoms with Crippen LogP contribution in [0.15, 0.2) is 72.8 Å². The molecule has 34 heavy (non-hydrogen) atoms. The largest absolute Gasteiger partial charge is 0.491 e. The molecule has 0 unspecified atom stereocenters. The summed E-state index contributed by atoms with van der Waals surface area (Å²) in [5.41, 5.74) is 2.65. The Labute approximate surface area is 200 Å². The molecule has 0 fully saturated rings. The number of anilines is 1. The highest BCUT2D eigenvalue weighted by molar-refractivity contribution is 7.92. The summed E-state index contributed by atoms with van der Waals surface area (Å²) in [5.74, 6) is 0.0693. The molecule has 8 heteroatoms. The number of benzene rings is 3. The van der Waals surface area contributed by atoms with Crippen LogP contribution in [0.2, 0.25) is 0 Å². The first-order chi connectivity index (χ1) is 16.1. The van der Waals surface area contributed by atoms with Crippen LogP contribution in [0, 0.1) is 5.82 Å². The number of rotatable bonds is 10. The lowest BCUT2D eigenvalue weighted by atomic mass is 10.1. The third-order valence-corrected chi connectivity index (χ3v) is 6.17. The van der Waals surface area contributed by atoms with Crippen molar-refractivity contribution in [2.75, 3.05) is 17.1 Å². The molecule has 3 aromatic rings. The average molecular weight is 485 g/mol. The zero-order valence-electron chi connectivity index (χ0n) is 19.5. The maximum absolute atomic E-state index is 13.0. The number of carbonyl (C=O) groups is 1. The lowest BCUT2D eigenvalue weighted by Crippen LogP contribution is -2.29. The molecule has 0 aliphatic heterocycles. The quantitative estimate of drug-likeness (QED) is 0.458. The Balaban J connectivity index is 1.65. The minimum atomic E-state index is -3.55. The molecule has 0 saturated heterocycles. The first-order valence-corrected chi connectivity index (χ1v) is 12.8. The van der Waals surface area contributed by atoms with E-state index in [4.69, 9.17) is 4.74 Å². The van der Waals surface area contributed by atoms with E-state index in [9.17, 15) is 17.6 Å². The smallest absolute Gasteiger partial charge is 0.251 e. The molecule has 0 aromatic heterocycles. The van der Waals surface area contributed by atoms with Gasteiger partial charge < -0.3 is 10.1 Å². The van der Waals surface area contributed by atoms with Gasteiger partial charge in [-0.25, -0.2) is 12.8 Å². The van der Waals surface area contributed by atoms with Crippen molar-refractivity contribution in [1.82, 2.24) is 5.32 Å². The molecule has 1 amide bonds. The number of hydrogen-bond acceptors (Lipinski definition) is 4. The Hall–Kier alpha value is -3.39. The van der Waals surface area contributed by atoms with Crippen molar-refractivity contribution in [2.24, 2.45) is 0 Å². The van der Waals surface area contributed by atoms with Gasteiger partial charge in [0.25, 0.3) is 5.91 Å². The van der Waals surface area contributed by atoms with Crippen LogP contribution in [0.5, 0.6) is 5.75 Å². The van der Waals surface area contributed by atoms with E-state index in [1.54, 1.807) is 60.7 Å². The van der Waals surface area contributed by atoms with Crippen LogP contribution in [0.1, 0.15) is 35.3 Å². The molecule has 0 radical (unpaired) electrons. The van der Waals surface area contributed by atoms with E-state index in [-0.39, 0.29) is 24.4 Å². The number of hydrogen-bond donors (Lipinski definition) is 1. The van der Waals surface area contributed by atoms with E-state index in [1.807, 2.05) is 13.8 Å². The summed E-state index contributed by atoms with van der Waals surface area (Å²) < 4.78 is 45.0. The second kappa shape index (κ2) is 11.2. The Bertz CT molecular complexity index is 1210. The molecule has 1 N–H and O–H groups in total. The van der Waals surface area contributed by atoms with Crippen LogP contribution < -0.4 is 14.4 Å². The van der Waals surface area contributed by atoms with Crippen LogP contribution in [-0.2, 0) is 23.0 Å². The summed E-state index contributed by atoms with van der Waals surface area (Å²) in [6.07, 6.45) is 1.72. The van der Waals surface area contributed by atoms with Gasteiger partial charge >= 0.3 is 0 Å². The van der Waals surface area contributed by atoms with E-state index in [1.165, 1.54) is 16.4 Å². The van der Waals surface area contributed by atoms with Crippen LogP contribution in [-0.4, -0.2) is 33.2 Å². The van der Waals surface area contributed by atoms with Crippen molar-refractivity contribution < 1.29 is 22.3 Å². The first-order valence-electron chi connectivity index (χ1n) is 11.0. The highest BCUT2D eigenvalue weighted by Crippen LogP contribution is 2.26. The van der Waals surface area contributed by atoms with E-state index in [0.717, 1.165) is 17.4 Å². The van der Waals surface area contributed by atoms with Gasteiger partial charge in [-0.05, 0) is 67.8 Å². The Morgan fingerprint density at radius 2 is 1.65 bits per heavy atom.